The van der Waals surface area contributed by atoms with Crippen LogP contribution in [-0.4, -0.2) is 56.5 Å². The molecule has 0 saturated heterocycles. The van der Waals surface area contributed by atoms with Gasteiger partial charge in [-0.3, -0.25) is 9.35 Å². The molecule has 150 valence electrons. The Labute approximate surface area is 209 Å². The maximum Gasteiger partial charge on any atom is 1.00 e. The Balaban J connectivity index is -0.00000312. The summed E-state index contributed by atoms with van der Waals surface area (Å²) in [6, 6.07) is 0. The average Bonchev–Trinajstić information content (AvgIpc) is 2.52. The van der Waals surface area contributed by atoms with Gasteiger partial charge in [-0.05, 0) is 27.2 Å². The van der Waals surface area contributed by atoms with Crippen LogP contribution in [0.5, 0.6) is 0 Å². The Morgan fingerprint density at radius 2 is 1.41 bits per heavy atom. The van der Waals surface area contributed by atoms with E-state index in [-0.39, 0.29) is 83.8 Å². The second-order valence-corrected chi connectivity index (χ2v) is 7.62. The van der Waals surface area contributed by atoms with Crippen molar-refractivity contribution in [3.8, 4) is 0 Å². The van der Waals surface area contributed by atoms with Gasteiger partial charge >= 0.3 is 76.1 Å². The zero-order chi connectivity index (χ0) is 20.5. The first-order chi connectivity index (χ1) is 11.8. The predicted octanol–water partition coefficient (Wildman–Crippen LogP) is -1.83. The van der Waals surface area contributed by atoms with Crippen LogP contribution in [0.15, 0.2) is 24.3 Å². The van der Waals surface area contributed by atoms with Crippen LogP contribution in [0.2, 0.25) is 0 Å². The van der Waals surface area contributed by atoms with E-state index < -0.39 is 52.4 Å². The van der Waals surface area contributed by atoms with Crippen molar-refractivity contribution in [1.29, 1.82) is 0 Å². The first-order valence-corrected chi connectivity index (χ1v) is 9.17. The summed E-state index contributed by atoms with van der Waals surface area (Å²) >= 11 is 0. The van der Waals surface area contributed by atoms with E-state index in [1.54, 1.807) is 0 Å². The molecule has 0 radical (unpaired) electrons. The van der Waals surface area contributed by atoms with Crippen molar-refractivity contribution in [3.05, 3.63) is 24.3 Å². The summed E-state index contributed by atoms with van der Waals surface area (Å²) in [6.07, 6.45) is -0.127. The monoisotopic (exact) mass is 478 g/mol. The fourth-order valence-electron chi connectivity index (χ4n) is 1.44. The van der Waals surface area contributed by atoms with Crippen LogP contribution in [0.4, 0.5) is 0 Å². The topological polar surface area (TPSA) is 133 Å². The van der Waals surface area contributed by atoms with Gasteiger partial charge in [-0.1, -0.05) is 13.2 Å². The fraction of sp³-hybridized carbons (Fsp3) is 0.562. The molecule has 0 aliphatic carbocycles. The van der Waals surface area contributed by atoms with Gasteiger partial charge in [-0.15, -0.1) is 0 Å². The normalized spacial score (nSPS) is 11.0. The minimum Gasteiger partial charge on any atom is -1.00 e. The van der Waals surface area contributed by atoms with Crippen LogP contribution in [0.1, 0.15) is 28.6 Å². The van der Waals surface area contributed by atoms with E-state index >= 15 is 0 Å². The van der Waals surface area contributed by atoms with Gasteiger partial charge in [-0.2, -0.15) is 8.42 Å². The van der Waals surface area contributed by atoms with E-state index in [1.807, 2.05) is 0 Å². The first kappa shape index (κ1) is 28.8. The molecule has 1 N–H and O–H groups in total. The van der Waals surface area contributed by atoms with Crippen molar-refractivity contribution in [2.24, 2.45) is 5.41 Å². The molecule has 0 spiro atoms. The predicted molar refractivity (Wildman–Crippen MR) is 92.8 cm³/mol. The van der Waals surface area contributed by atoms with Crippen LogP contribution in [0, 0.1) is 5.41 Å². The van der Waals surface area contributed by atoms with Crippen LogP contribution in [-0.2, 0) is 38.7 Å². The molecule has 0 aromatic heterocycles. The largest absolute Gasteiger partial charge is 1.00 e. The molecule has 9 nitrogen and oxygen atoms in total. The summed E-state index contributed by atoms with van der Waals surface area (Å²) in [7, 11) is -4.17. The molecule has 0 aromatic carbocycles. The van der Waals surface area contributed by atoms with Gasteiger partial charge in [0.1, 0.15) is 18.6 Å². The van der Waals surface area contributed by atoms with E-state index in [0.29, 0.717) is 0 Å². The second kappa shape index (κ2) is 12.9. The number of rotatable bonds is 11. The van der Waals surface area contributed by atoms with Gasteiger partial charge < -0.3 is 15.6 Å². The molecule has 11 heteroatoms. The molecule has 0 bridgehead atoms. The van der Waals surface area contributed by atoms with E-state index in [9.17, 15) is 22.8 Å². The number of carbonyl (C=O) groups is 3. The zero-order valence-corrected chi connectivity index (χ0v) is 21.8. The van der Waals surface area contributed by atoms with Gasteiger partial charge in [0.2, 0.25) is 0 Å². The van der Waals surface area contributed by atoms with Crippen molar-refractivity contribution < 1.29 is 101 Å². The summed E-state index contributed by atoms with van der Waals surface area (Å²) in [4.78, 5) is 35.4. The first-order valence-electron chi connectivity index (χ1n) is 7.56. The average molecular weight is 479 g/mol. The van der Waals surface area contributed by atoms with Crippen LogP contribution in [0.25, 0.3) is 0 Å². The van der Waals surface area contributed by atoms with Gasteiger partial charge in [0.25, 0.3) is 10.1 Å². The minimum atomic E-state index is -4.17. The van der Waals surface area contributed by atoms with Gasteiger partial charge in [-0.25, -0.2) is 9.59 Å². The molecule has 0 atom stereocenters. The van der Waals surface area contributed by atoms with Crippen molar-refractivity contribution in [2.45, 2.75) is 27.2 Å². The standard InChI is InChI=1S/C16H24O9S.Rb.H/c1-11(2)13(17)24-9-16(5,10-25-14(18)12(3)4)15(19)23-7-6-8-26(20,21)22;;/h1,3,6-10H2,2,4-5H3,(H,20,21,22);;/q;+1;-1. The third kappa shape index (κ3) is 12.6. The summed E-state index contributed by atoms with van der Waals surface area (Å²) in [5.41, 5.74) is -1.28. The molecule has 0 rings (SSSR count). The number of esters is 3. The summed E-state index contributed by atoms with van der Waals surface area (Å²) in [5.74, 6) is -2.91. The summed E-state index contributed by atoms with van der Waals surface area (Å²) in [6.45, 7) is 9.85. The van der Waals surface area contributed by atoms with Gasteiger partial charge in [0, 0.05) is 11.1 Å². The molecule has 0 heterocycles. The Morgan fingerprint density at radius 1 is 1.00 bits per heavy atom. The Bertz CT molecular complexity index is 658. The smallest absolute Gasteiger partial charge is 1.00 e. The maximum atomic E-state index is 12.3. The molecule has 27 heavy (non-hydrogen) atoms. The zero-order valence-electron chi connectivity index (χ0n) is 17.1. The van der Waals surface area contributed by atoms with E-state index in [0.717, 1.165) is 0 Å². The number of ether oxygens (including phenoxy) is 3. The molecule has 0 aliphatic rings. The van der Waals surface area contributed by atoms with E-state index in [4.69, 9.17) is 18.8 Å². The van der Waals surface area contributed by atoms with Crippen LogP contribution in [0.3, 0.4) is 0 Å². The molecule has 0 aliphatic heterocycles. The molecule has 0 amide bonds. The third-order valence-electron chi connectivity index (χ3n) is 3.01. The molecule has 0 fully saturated rings. The molecule has 0 saturated carbocycles. The molecular weight excluding hydrogens is 454 g/mol. The van der Waals surface area contributed by atoms with E-state index in [1.165, 1.54) is 20.8 Å². The number of hydrogen-bond acceptors (Lipinski definition) is 8. The number of carbonyl (C=O) groups excluding carboxylic acids is 3. The van der Waals surface area contributed by atoms with Crippen LogP contribution >= 0.6 is 0 Å². The maximum absolute atomic E-state index is 12.3. The minimum absolute atomic E-state index is 0. The van der Waals surface area contributed by atoms with Crippen molar-refractivity contribution >= 4 is 28.0 Å². The fourth-order valence-corrected chi connectivity index (χ4v) is 1.92. The van der Waals surface area contributed by atoms with Crippen molar-refractivity contribution in [1.82, 2.24) is 0 Å². The summed E-state index contributed by atoms with van der Waals surface area (Å²) in [5, 5.41) is 0. The Morgan fingerprint density at radius 3 is 1.74 bits per heavy atom. The molecule has 0 aromatic rings. The van der Waals surface area contributed by atoms with Gasteiger partial charge in [0.15, 0.2) is 0 Å². The van der Waals surface area contributed by atoms with Crippen LogP contribution < -0.4 is 58.2 Å². The SMILES string of the molecule is C=C(C)C(=O)OCC(C)(COC(=O)C(=C)C)C(=O)OCCCS(=O)(=O)O.[H-].[Rb+]. The molecule has 0 unspecified atom stereocenters. The summed E-state index contributed by atoms with van der Waals surface area (Å²) < 4.78 is 44.8. The Hall–Kier alpha value is -0.395. The number of hydrogen-bond donors (Lipinski definition) is 1. The van der Waals surface area contributed by atoms with E-state index in [2.05, 4.69) is 13.2 Å². The Kier molecular flexibility index (Phi) is 13.8. The third-order valence-corrected chi connectivity index (χ3v) is 3.82. The molecular formula is C16H25O9RbS. The second-order valence-electron chi connectivity index (χ2n) is 6.05. The van der Waals surface area contributed by atoms with Gasteiger partial charge in [0.05, 0.1) is 12.4 Å². The van der Waals surface area contributed by atoms with Crippen molar-refractivity contribution in [3.63, 3.8) is 0 Å². The quantitative estimate of drug-likeness (QED) is 0.120. The van der Waals surface area contributed by atoms with Crippen molar-refractivity contribution in [2.75, 3.05) is 25.6 Å².